The van der Waals surface area contributed by atoms with Gasteiger partial charge in [0.25, 0.3) is 0 Å². The van der Waals surface area contributed by atoms with E-state index in [1.54, 1.807) is 13.8 Å². The molecule has 1 aliphatic heterocycles. The molecule has 4 N–H and O–H groups in total. The molecule has 2 atom stereocenters. The maximum atomic E-state index is 14.4. The number of likely N-dealkylation sites (N-methyl/N-ethyl adjacent to an activating group) is 1. The molecule has 1 amide bonds. The van der Waals surface area contributed by atoms with Crippen molar-refractivity contribution < 1.29 is 14.0 Å². The summed E-state index contributed by atoms with van der Waals surface area (Å²) < 4.78 is 14.4. The summed E-state index contributed by atoms with van der Waals surface area (Å²) in [6.07, 6.45) is 0.0640. The third-order valence-electron chi connectivity index (χ3n) is 3.40. The van der Waals surface area contributed by atoms with Gasteiger partial charge >= 0.3 is 0 Å². The second-order valence-electron chi connectivity index (χ2n) is 4.82. The summed E-state index contributed by atoms with van der Waals surface area (Å²) in [7, 11) is 1.39. The molecular formula is C11H20FN3O2. The van der Waals surface area contributed by atoms with Crippen LogP contribution in [0.15, 0.2) is 0 Å². The SMILES string of the molecule is CNC(=O)[C@](N)(C(=O)[C@@]1(F)CCNC1)C(C)C. The molecule has 1 fully saturated rings. The van der Waals surface area contributed by atoms with Gasteiger partial charge < -0.3 is 16.4 Å². The summed E-state index contributed by atoms with van der Waals surface area (Å²) in [6.45, 7) is 3.62. The number of nitrogens with two attached hydrogens (primary N) is 1. The first kappa shape index (κ1) is 14.1. The fourth-order valence-electron chi connectivity index (χ4n) is 2.06. The number of alkyl halides is 1. The molecule has 0 aromatic heterocycles. The monoisotopic (exact) mass is 245 g/mol. The maximum Gasteiger partial charge on any atom is 0.247 e. The predicted molar refractivity (Wildman–Crippen MR) is 62.2 cm³/mol. The normalized spacial score (nSPS) is 27.9. The molecule has 1 rings (SSSR count). The minimum atomic E-state index is -2.04. The van der Waals surface area contributed by atoms with Crippen molar-refractivity contribution in [3.05, 3.63) is 0 Å². The highest BCUT2D eigenvalue weighted by molar-refractivity contribution is 6.14. The predicted octanol–water partition coefficient (Wildman–Crippen LogP) is -0.643. The number of amides is 1. The van der Waals surface area contributed by atoms with E-state index in [0.29, 0.717) is 6.54 Å². The fourth-order valence-corrected chi connectivity index (χ4v) is 2.06. The topological polar surface area (TPSA) is 84.2 Å². The van der Waals surface area contributed by atoms with Crippen LogP contribution in [-0.4, -0.2) is 43.0 Å². The first-order chi connectivity index (χ1) is 7.79. The molecule has 0 bridgehead atoms. The Labute approximate surface area is 100 Å². The fraction of sp³-hybridized carbons (Fsp3) is 0.818. The van der Waals surface area contributed by atoms with Gasteiger partial charge in [-0.1, -0.05) is 13.8 Å². The van der Waals surface area contributed by atoms with Crippen molar-refractivity contribution in [2.45, 2.75) is 31.5 Å². The molecule has 17 heavy (non-hydrogen) atoms. The molecule has 5 nitrogen and oxygen atoms in total. The van der Waals surface area contributed by atoms with Gasteiger partial charge in [-0.3, -0.25) is 9.59 Å². The molecular weight excluding hydrogens is 225 g/mol. The highest BCUT2D eigenvalue weighted by atomic mass is 19.1. The average molecular weight is 245 g/mol. The Hall–Kier alpha value is -1.01. The lowest BCUT2D eigenvalue weighted by molar-refractivity contribution is -0.144. The van der Waals surface area contributed by atoms with E-state index in [-0.39, 0.29) is 13.0 Å². The molecule has 6 heteroatoms. The molecule has 0 spiro atoms. The van der Waals surface area contributed by atoms with Crippen LogP contribution in [0.25, 0.3) is 0 Å². The van der Waals surface area contributed by atoms with E-state index < -0.39 is 28.8 Å². The van der Waals surface area contributed by atoms with Gasteiger partial charge in [-0.15, -0.1) is 0 Å². The highest BCUT2D eigenvalue weighted by Crippen LogP contribution is 2.29. The molecule has 0 radical (unpaired) electrons. The molecule has 0 saturated carbocycles. The minimum Gasteiger partial charge on any atom is -0.357 e. The third kappa shape index (κ3) is 2.19. The van der Waals surface area contributed by atoms with Gasteiger partial charge in [-0.25, -0.2) is 4.39 Å². The zero-order chi connectivity index (χ0) is 13.3. The largest absolute Gasteiger partial charge is 0.357 e. The summed E-state index contributed by atoms with van der Waals surface area (Å²) >= 11 is 0. The van der Waals surface area contributed by atoms with E-state index in [1.807, 2.05) is 0 Å². The number of Topliss-reactive ketones (excluding diaryl/α,β-unsaturated/α-hetero) is 1. The van der Waals surface area contributed by atoms with Crippen LogP contribution in [-0.2, 0) is 9.59 Å². The summed E-state index contributed by atoms with van der Waals surface area (Å²) in [4.78, 5) is 24.0. The first-order valence-corrected chi connectivity index (χ1v) is 5.74. The van der Waals surface area contributed by atoms with Crippen LogP contribution in [0.4, 0.5) is 4.39 Å². The number of rotatable bonds is 4. The Morgan fingerprint density at radius 1 is 1.53 bits per heavy atom. The maximum absolute atomic E-state index is 14.4. The Kier molecular flexibility index (Phi) is 3.88. The Bertz CT molecular complexity index is 327. The van der Waals surface area contributed by atoms with Crippen molar-refractivity contribution in [3.8, 4) is 0 Å². The van der Waals surface area contributed by atoms with E-state index >= 15 is 0 Å². The van der Waals surface area contributed by atoms with Crippen LogP contribution in [0.1, 0.15) is 20.3 Å². The molecule has 1 aliphatic rings. The van der Waals surface area contributed by atoms with Gasteiger partial charge in [-0.2, -0.15) is 0 Å². The van der Waals surface area contributed by atoms with E-state index in [4.69, 9.17) is 5.73 Å². The lowest BCUT2D eigenvalue weighted by Gasteiger charge is -2.34. The number of carbonyl (C=O) groups excluding carboxylic acids is 2. The number of ketones is 1. The van der Waals surface area contributed by atoms with Crippen LogP contribution in [0.2, 0.25) is 0 Å². The molecule has 0 aromatic carbocycles. The summed E-state index contributed by atoms with van der Waals surface area (Å²) in [6, 6.07) is 0. The molecule has 1 heterocycles. The third-order valence-corrected chi connectivity index (χ3v) is 3.40. The van der Waals surface area contributed by atoms with Crippen molar-refractivity contribution in [1.29, 1.82) is 0 Å². The van der Waals surface area contributed by atoms with Crippen LogP contribution < -0.4 is 16.4 Å². The Morgan fingerprint density at radius 2 is 2.12 bits per heavy atom. The molecule has 98 valence electrons. The second-order valence-corrected chi connectivity index (χ2v) is 4.82. The van der Waals surface area contributed by atoms with Gasteiger partial charge in [0.2, 0.25) is 11.7 Å². The van der Waals surface area contributed by atoms with Crippen LogP contribution in [0.3, 0.4) is 0 Å². The van der Waals surface area contributed by atoms with E-state index in [0.717, 1.165) is 0 Å². The van der Waals surface area contributed by atoms with E-state index in [9.17, 15) is 14.0 Å². The van der Waals surface area contributed by atoms with Crippen LogP contribution in [0.5, 0.6) is 0 Å². The Morgan fingerprint density at radius 3 is 2.47 bits per heavy atom. The Balaban J connectivity index is 3.07. The van der Waals surface area contributed by atoms with Crippen LogP contribution >= 0.6 is 0 Å². The van der Waals surface area contributed by atoms with Gasteiger partial charge in [0.15, 0.2) is 11.2 Å². The van der Waals surface area contributed by atoms with Gasteiger partial charge in [0.05, 0.1) is 0 Å². The highest BCUT2D eigenvalue weighted by Gasteiger charge is 2.55. The van der Waals surface area contributed by atoms with Crippen molar-refractivity contribution in [3.63, 3.8) is 0 Å². The number of hydrogen-bond donors (Lipinski definition) is 3. The molecule has 1 saturated heterocycles. The number of hydrogen-bond acceptors (Lipinski definition) is 4. The van der Waals surface area contributed by atoms with Gasteiger partial charge in [0, 0.05) is 20.0 Å². The minimum absolute atomic E-state index is 0.0640. The smallest absolute Gasteiger partial charge is 0.247 e. The van der Waals surface area contributed by atoms with Crippen molar-refractivity contribution in [1.82, 2.24) is 10.6 Å². The lowest BCUT2D eigenvalue weighted by Crippen LogP contribution is -2.67. The van der Waals surface area contributed by atoms with E-state index in [1.165, 1.54) is 7.05 Å². The van der Waals surface area contributed by atoms with Crippen molar-refractivity contribution >= 4 is 11.7 Å². The summed E-state index contributed by atoms with van der Waals surface area (Å²) in [5.41, 5.74) is 2.03. The summed E-state index contributed by atoms with van der Waals surface area (Å²) in [5, 5.41) is 5.12. The zero-order valence-corrected chi connectivity index (χ0v) is 10.5. The quantitative estimate of drug-likeness (QED) is 0.575. The van der Waals surface area contributed by atoms with Gasteiger partial charge in [0.1, 0.15) is 0 Å². The van der Waals surface area contributed by atoms with Gasteiger partial charge in [-0.05, 0) is 12.5 Å². The number of halogens is 1. The molecule has 0 unspecified atom stereocenters. The summed E-state index contributed by atoms with van der Waals surface area (Å²) in [5.74, 6) is -1.94. The first-order valence-electron chi connectivity index (χ1n) is 5.74. The van der Waals surface area contributed by atoms with Crippen molar-refractivity contribution in [2.24, 2.45) is 11.7 Å². The van der Waals surface area contributed by atoms with Crippen molar-refractivity contribution in [2.75, 3.05) is 20.1 Å². The number of carbonyl (C=O) groups is 2. The van der Waals surface area contributed by atoms with E-state index in [2.05, 4.69) is 10.6 Å². The lowest BCUT2D eigenvalue weighted by atomic mass is 9.76. The second kappa shape index (κ2) is 4.70. The zero-order valence-electron chi connectivity index (χ0n) is 10.5. The number of nitrogens with one attached hydrogen (secondary N) is 2. The van der Waals surface area contributed by atoms with Crippen LogP contribution in [0, 0.1) is 5.92 Å². The standard InChI is InChI=1S/C11H20FN3O2/c1-7(2)11(13,9(17)14-3)8(16)10(12)4-5-15-6-10/h7,15H,4-6,13H2,1-3H3,(H,14,17)/t10-,11-/m1/s1. The molecule has 0 aromatic rings. The molecule has 0 aliphatic carbocycles. The average Bonchev–Trinajstić information content (AvgIpc) is 2.73.